The first-order valence-corrected chi connectivity index (χ1v) is 6.36. The van der Waals surface area contributed by atoms with E-state index in [9.17, 15) is 13.2 Å². The molecule has 0 unspecified atom stereocenters. The molecule has 0 spiro atoms. The number of rotatable bonds is 3. The van der Waals surface area contributed by atoms with Crippen LogP contribution in [0.1, 0.15) is 17.9 Å². The lowest BCUT2D eigenvalue weighted by Crippen LogP contribution is -2.13. The van der Waals surface area contributed by atoms with Crippen molar-refractivity contribution >= 4 is 34.8 Å². The number of aromatic nitrogens is 1. The highest BCUT2D eigenvalue weighted by Gasteiger charge is 2.04. The molecule has 0 aliphatic rings. The van der Waals surface area contributed by atoms with Gasteiger partial charge in [0.05, 0.1) is 12.3 Å². The summed E-state index contributed by atoms with van der Waals surface area (Å²) in [7, 11) is 0. The molecule has 5 N–H and O–H groups in total. The number of nitrogens with two attached hydrogens (primary N) is 2. The number of hydrogen-bond donors (Lipinski definition) is 3. The molecule has 6 nitrogen and oxygen atoms in total. The normalized spacial score (nSPS) is 8.59. The maximum Gasteiger partial charge on any atom is 0.301 e. The Morgan fingerprint density at radius 3 is 2.05 bits per heavy atom. The van der Waals surface area contributed by atoms with Gasteiger partial charge in [0.15, 0.2) is 12.2 Å². The lowest BCUT2D eigenvalue weighted by atomic mass is 10.4. The van der Waals surface area contributed by atoms with E-state index < -0.39 is 23.5 Å². The molecule has 0 atom stereocenters. The first-order valence-electron chi connectivity index (χ1n) is 5.54. The van der Waals surface area contributed by atoms with Gasteiger partial charge in [0.25, 0.3) is 10.3 Å². The molecule has 126 valence electrons. The van der Waals surface area contributed by atoms with Gasteiger partial charge in [-0.05, 0) is 38.3 Å². The first kappa shape index (κ1) is 22.4. The van der Waals surface area contributed by atoms with Crippen molar-refractivity contribution in [2.45, 2.75) is 20.3 Å². The van der Waals surface area contributed by atoms with E-state index in [-0.39, 0.29) is 11.8 Å². The maximum absolute atomic E-state index is 11.9. The Hall–Kier alpha value is -1.88. The highest BCUT2D eigenvalue weighted by Crippen LogP contribution is 2.12. The number of oxazole rings is 1. The fourth-order valence-electron chi connectivity index (χ4n) is 0.696. The molecule has 1 heterocycles. The van der Waals surface area contributed by atoms with Crippen molar-refractivity contribution in [2.24, 2.45) is 11.5 Å². The van der Waals surface area contributed by atoms with E-state index in [1.165, 1.54) is 6.39 Å². The summed E-state index contributed by atoms with van der Waals surface area (Å²) in [5.74, 6) is -0.596. The van der Waals surface area contributed by atoms with Gasteiger partial charge < -0.3 is 25.7 Å². The van der Waals surface area contributed by atoms with Gasteiger partial charge in [-0.15, -0.1) is 0 Å². The van der Waals surface area contributed by atoms with E-state index in [0.29, 0.717) is 0 Å². The summed E-state index contributed by atoms with van der Waals surface area (Å²) in [6.45, 7) is 3.54. The summed E-state index contributed by atoms with van der Waals surface area (Å²) in [5, 5.41) is 6.78. The van der Waals surface area contributed by atoms with Crippen LogP contribution < -0.4 is 11.5 Å². The fourth-order valence-corrected chi connectivity index (χ4v) is 0.780. The second-order valence-corrected chi connectivity index (χ2v) is 4.24. The molecule has 0 aromatic carbocycles. The van der Waals surface area contributed by atoms with E-state index in [1.807, 2.05) is 13.8 Å². The molecule has 11 heteroatoms. The molecule has 0 saturated heterocycles. The van der Waals surface area contributed by atoms with Crippen LogP contribution in [0, 0.1) is 13.8 Å². The van der Waals surface area contributed by atoms with Gasteiger partial charge in [-0.3, -0.25) is 0 Å². The Balaban J connectivity index is 0. The predicted octanol–water partition coefficient (Wildman–Crippen LogP) is 2.79. The number of ether oxygens (including phenoxy) is 1. The average Bonchev–Trinajstić information content (AvgIpc) is 2.73. The van der Waals surface area contributed by atoms with Gasteiger partial charge >= 0.3 is 6.08 Å². The predicted molar refractivity (Wildman–Crippen MR) is 83.1 cm³/mol. The van der Waals surface area contributed by atoms with Crippen LogP contribution in [0.25, 0.3) is 0 Å². The number of hydrogen-bond acceptors (Lipinski definition) is 5. The van der Waals surface area contributed by atoms with Gasteiger partial charge in [0.2, 0.25) is 0 Å². The largest absolute Gasteiger partial charge is 0.487 e. The fraction of sp³-hybridized carbons (Fsp3) is 0.364. The molecule has 0 amide bonds. The Bertz CT molecular complexity index is 485. The zero-order chi connectivity index (χ0) is 17.7. The van der Waals surface area contributed by atoms with Crippen LogP contribution in [-0.2, 0) is 4.74 Å². The Labute approximate surface area is 135 Å². The summed E-state index contributed by atoms with van der Waals surface area (Å²) >= 11 is 8.11. The van der Waals surface area contributed by atoms with Crippen molar-refractivity contribution in [3.8, 4) is 0 Å². The molecule has 1 aromatic rings. The van der Waals surface area contributed by atoms with E-state index in [4.69, 9.17) is 15.3 Å². The molecule has 0 radical (unpaired) electrons. The molecule has 0 aliphatic carbocycles. The molecule has 0 aliphatic heterocycles. The molecule has 0 fully saturated rings. The Kier molecular flexibility index (Phi) is 13.1. The van der Waals surface area contributed by atoms with Crippen LogP contribution in [0.15, 0.2) is 22.7 Å². The number of aliphatic hydroxyl groups is 1. The van der Waals surface area contributed by atoms with Gasteiger partial charge in [-0.2, -0.15) is 8.78 Å². The van der Waals surface area contributed by atoms with Crippen LogP contribution in [0.2, 0.25) is 0 Å². The zero-order valence-corrected chi connectivity index (χ0v) is 13.4. The number of aryl methyl sites for hydroxylation is 2. The second kappa shape index (κ2) is 12.8. The highest BCUT2D eigenvalue weighted by molar-refractivity contribution is 7.80. The van der Waals surface area contributed by atoms with Crippen LogP contribution in [0.3, 0.4) is 0 Å². The minimum atomic E-state index is -2.34. The zero-order valence-electron chi connectivity index (χ0n) is 11.8. The topological polar surface area (TPSA) is 108 Å². The third kappa shape index (κ3) is 16.2. The summed E-state index contributed by atoms with van der Waals surface area (Å²) in [4.78, 5) is 3.85. The van der Waals surface area contributed by atoms with Crippen LogP contribution in [-0.4, -0.2) is 27.0 Å². The van der Waals surface area contributed by atoms with Crippen molar-refractivity contribution in [3.63, 3.8) is 0 Å². The van der Waals surface area contributed by atoms with Gasteiger partial charge in [0.1, 0.15) is 5.76 Å². The van der Waals surface area contributed by atoms with Crippen LogP contribution >= 0.6 is 24.4 Å². The molecule has 22 heavy (non-hydrogen) atoms. The van der Waals surface area contributed by atoms with Crippen molar-refractivity contribution in [3.05, 3.63) is 29.8 Å². The summed E-state index contributed by atoms with van der Waals surface area (Å²) in [6.07, 6.45) is -1.40. The number of halogens is 3. The van der Waals surface area contributed by atoms with Crippen molar-refractivity contribution in [1.29, 1.82) is 0 Å². The molecular formula is C11H16F3N3O3S2. The van der Waals surface area contributed by atoms with E-state index in [0.717, 1.165) is 11.5 Å². The molecule has 0 bridgehead atoms. The third-order valence-corrected chi connectivity index (χ3v) is 1.87. The summed E-state index contributed by atoms with van der Waals surface area (Å²) in [6, 6.07) is 0. The SMILES string of the molecule is Cc1ncoc1C.NC(=S)OCCC(F)=C(F)F.NC(O)=S. The van der Waals surface area contributed by atoms with E-state index in [1.54, 1.807) is 0 Å². The lowest BCUT2D eigenvalue weighted by Gasteiger charge is -1.99. The minimum Gasteiger partial charge on any atom is -0.487 e. The first-order chi connectivity index (χ1) is 10.1. The lowest BCUT2D eigenvalue weighted by molar-refractivity contribution is 0.287. The maximum atomic E-state index is 11.9. The number of nitrogens with zero attached hydrogens (tertiary/aromatic N) is 1. The smallest absolute Gasteiger partial charge is 0.301 e. The Morgan fingerprint density at radius 1 is 1.32 bits per heavy atom. The number of thiocarbonyl (C=S) groups is 2. The standard InChI is InChI=1S/C5H6F3NOS.C5H7NO.CH3NOS/c6-3(4(7)8)1-2-10-5(9)11;1-4-5(2)7-3-6-4;2-1(3)4/h1-2H2,(H2,9,11);3H,1-2H3;(H3,2,3,4). The minimum absolute atomic E-state index is 0.265. The van der Waals surface area contributed by atoms with E-state index in [2.05, 4.69) is 39.9 Å². The summed E-state index contributed by atoms with van der Waals surface area (Å²) < 4.78 is 43.8. The highest BCUT2D eigenvalue weighted by atomic mass is 32.1. The second-order valence-electron chi connectivity index (χ2n) is 3.42. The van der Waals surface area contributed by atoms with Gasteiger partial charge in [-0.25, -0.2) is 9.37 Å². The van der Waals surface area contributed by atoms with E-state index >= 15 is 0 Å². The quantitative estimate of drug-likeness (QED) is 0.707. The monoisotopic (exact) mass is 359 g/mol. The van der Waals surface area contributed by atoms with Crippen LogP contribution in [0.5, 0.6) is 0 Å². The van der Waals surface area contributed by atoms with Crippen molar-refractivity contribution in [2.75, 3.05) is 6.61 Å². The van der Waals surface area contributed by atoms with Gasteiger partial charge in [0, 0.05) is 6.42 Å². The Morgan fingerprint density at radius 2 is 1.82 bits per heavy atom. The molecular weight excluding hydrogens is 343 g/mol. The van der Waals surface area contributed by atoms with Crippen LogP contribution in [0.4, 0.5) is 13.2 Å². The molecule has 0 saturated carbocycles. The molecule has 1 aromatic heterocycles. The molecule has 1 rings (SSSR count). The van der Waals surface area contributed by atoms with Crippen molar-refractivity contribution in [1.82, 2.24) is 4.98 Å². The van der Waals surface area contributed by atoms with Crippen molar-refractivity contribution < 1.29 is 27.4 Å². The summed E-state index contributed by atoms with van der Waals surface area (Å²) in [5.41, 5.74) is 10.2. The number of aliphatic hydroxyl groups excluding tert-OH is 1. The van der Waals surface area contributed by atoms with Gasteiger partial charge in [-0.1, -0.05) is 0 Å². The average molecular weight is 359 g/mol. The third-order valence-electron chi connectivity index (χ3n) is 1.76.